The maximum absolute atomic E-state index is 11.1. The average Bonchev–Trinajstić information content (AvgIpc) is 3.70. The lowest BCUT2D eigenvalue weighted by molar-refractivity contribution is 0.0697. The Balaban J connectivity index is 0.000000200. The Morgan fingerprint density at radius 2 is 1.44 bits per heavy atom. The molecule has 2 aromatic heterocycles. The van der Waals surface area contributed by atoms with Gasteiger partial charge in [-0.2, -0.15) is 0 Å². The van der Waals surface area contributed by atoms with Crippen molar-refractivity contribution in [1.29, 1.82) is 0 Å². The van der Waals surface area contributed by atoms with Crippen molar-refractivity contribution in [3.8, 4) is 17.2 Å². The molecule has 7 rings (SSSR count). The molecule has 5 aromatic rings. The summed E-state index contributed by atoms with van der Waals surface area (Å²) in [7, 11) is 0. The number of nitrogens with zero attached hydrogens (tertiary/aromatic N) is 6. The molecule has 0 radical (unpaired) electrons. The highest BCUT2D eigenvalue weighted by Gasteiger charge is 2.20. The molecule has 1 fully saturated rings. The highest BCUT2D eigenvalue weighted by molar-refractivity contribution is 6.17. The van der Waals surface area contributed by atoms with Crippen molar-refractivity contribution in [2.45, 2.75) is 25.9 Å². The first kappa shape index (κ1) is 32.9. The topological polar surface area (TPSA) is 144 Å². The molecule has 2 aliphatic rings. The van der Waals surface area contributed by atoms with E-state index < -0.39 is 12.1 Å². The normalized spacial score (nSPS) is 14.5. The Morgan fingerprint density at radius 3 is 2.12 bits per heavy atom. The maximum Gasteiger partial charge on any atom is 0.511 e. The van der Waals surface area contributed by atoms with Crippen LogP contribution in [-0.2, 0) is 13.1 Å². The summed E-state index contributed by atoms with van der Waals surface area (Å²) in [5, 5.41) is 17.6. The molecule has 0 saturated carbocycles. The van der Waals surface area contributed by atoms with Crippen molar-refractivity contribution in [1.82, 2.24) is 24.0 Å². The number of rotatable bonds is 10. The lowest BCUT2D eigenvalue weighted by Gasteiger charge is -2.36. The summed E-state index contributed by atoms with van der Waals surface area (Å²) in [4.78, 5) is 35.0. The summed E-state index contributed by atoms with van der Waals surface area (Å²) in [6.07, 6.45) is 4.07. The predicted molar refractivity (Wildman–Crippen MR) is 181 cm³/mol. The van der Waals surface area contributed by atoms with Gasteiger partial charge < -0.3 is 38.5 Å². The van der Waals surface area contributed by atoms with E-state index in [2.05, 4.69) is 41.2 Å². The van der Waals surface area contributed by atoms with Crippen molar-refractivity contribution in [3.05, 3.63) is 72.8 Å². The third-order valence-electron chi connectivity index (χ3n) is 8.33. The number of imidazole rings is 2. The number of benzene rings is 3. The molecule has 0 unspecified atom stereocenters. The van der Waals surface area contributed by atoms with E-state index in [0.29, 0.717) is 24.6 Å². The second-order valence-electron chi connectivity index (χ2n) is 11.5. The number of alkyl halides is 1. The van der Waals surface area contributed by atoms with Gasteiger partial charge in [-0.05, 0) is 61.9 Å². The molecule has 0 aliphatic carbocycles. The number of piperazine rings is 1. The Hall–Kier alpha value is -5.01. The molecular formula is C34H37ClN6O7. The van der Waals surface area contributed by atoms with E-state index >= 15 is 0 Å². The molecule has 0 amide bonds. The number of aryl methyl sites for hydroxylation is 2. The van der Waals surface area contributed by atoms with Gasteiger partial charge in [0, 0.05) is 63.0 Å². The molecule has 2 aliphatic heterocycles. The molecule has 0 spiro atoms. The Kier molecular flexibility index (Phi) is 10.5. The van der Waals surface area contributed by atoms with Crippen LogP contribution in [0.1, 0.15) is 23.2 Å². The van der Waals surface area contributed by atoms with Crippen LogP contribution in [0.2, 0.25) is 0 Å². The van der Waals surface area contributed by atoms with E-state index in [9.17, 15) is 9.59 Å². The number of carboxylic acid groups (broad SMARTS) is 2. The second kappa shape index (κ2) is 15.3. The van der Waals surface area contributed by atoms with Crippen LogP contribution in [0.15, 0.2) is 67.3 Å². The second-order valence-corrected chi connectivity index (χ2v) is 11.8. The van der Waals surface area contributed by atoms with E-state index in [1.54, 1.807) is 43.0 Å². The minimum atomic E-state index is -1.33. The number of halogens is 1. The van der Waals surface area contributed by atoms with Crippen LogP contribution in [0.3, 0.4) is 0 Å². The van der Waals surface area contributed by atoms with Crippen LogP contribution in [-0.4, -0.2) is 98.2 Å². The molecule has 0 bridgehead atoms. The molecule has 14 heteroatoms. The van der Waals surface area contributed by atoms with Gasteiger partial charge in [-0.25, -0.2) is 19.6 Å². The zero-order chi connectivity index (χ0) is 33.5. The highest BCUT2D eigenvalue weighted by Crippen LogP contribution is 2.34. The summed E-state index contributed by atoms with van der Waals surface area (Å²) in [6, 6.07) is 16.3. The van der Waals surface area contributed by atoms with Crippen LogP contribution in [0, 0.1) is 0 Å². The first-order valence-electron chi connectivity index (χ1n) is 15.8. The number of carboxylic acids is 1. The summed E-state index contributed by atoms with van der Waals surface area (Å²) < 4.78 is 20.0. The highest BCUT2D eigenvalue weighted by atomic mass is 35.5. The van der Waals surface area contributed by atoms with Gasteiger partial charge in [0.25, 0.3) is 0 Å². The van der Waals surface area contributed by atoms with Crippen molar-refractivity contribution >= 4 is 51.5 Å². The molecule has 0 atom stereocenters. The fourth-order valence-corrected chi connectivity index (χ4v) is 6.03. The summed E-state index contributed by atoms with van der Waals surface area (Å²) in [5.41, 5.74) is 4.82. The Labute approximate surface area is 281 Å². The molecule has 1 saturated heterocycles. The third kappa shape index (κ3) is 7.92. The Bertz CT molecular complexity index is 1880. The van der Waals surface area contributed by atoms with Gasteiger partial charge in [0.15, 0.2) is 11.5 Å². The number of aromatic carboxylic acids is 1. The van der Waals surface area contributed by atoms with Gasteiger partial charge in [-0.1, -0.05) is 0 Å². The number of hydrogen-bond donors (Lipinski definition) is 2. The molecule has 4 heterocycles. The molecule has 2 N–H and O–H groups in total. The average molecular weight is 677 g/mol. The van der Waals surface area contributed by atoms with Gasteiger partial charge in [-0.15, -0.1) is 11.6 Å². The molecule has 48 heavy (non-hydrogen) atoms. The molecule has 13 nitrogen and oxygen atoms in total. The smallest absolute Gasteiger partial charge is 0.486 e. The van der Waals surface area contributed by atoms with Gasteiger partial charge >= 0.3 is 12.1 Å². The first-order valence-corrected chi connectivity index (χ1v) is 16.4. The maximum atomic E-state index is 11.1. The van der Waals surface area contributed by atoms with Crippen molar-refractivity contribution < 1.29 is 34.0 Å². The van der Waals surface area contributed by atoms with E-state index in [0.717, 1.165) is 86.7 Å². The molecule has 3 aromatic carbocycles. The number of ether oxygens (including phenoxy) is 3. The number of aromatic nitrogens is 4. The standard InChI is InChI=1S/C23H26N4O4.C11H11ClN2O3/c28-23(29)17-2-4-20-19(14-17)24-16-27(20)7-1-6-25-8-10-26(11-9-25)18-3-5-21-22(15-18)31-13-12-30-21;12-4-1-5-14-7-13-9-6-8(17-11(15)16)2-3-10(9)14/h2-5,14-16H,1,6-13H2,(H,28,29);2-3,6-7H,1,4-5H2,(H,15,16). The zero-order valence-electron chi connectivity index (χ0n) is 26.3. The van der Waals surface area contributed by atoms with E-state index in [1.807, 2.05) is 16.7 Å². The first-order chi connectivity index (χ1) is 23.4. The van der Waals surface area contributed by atoms with Gasteiger partial charge in [0.05, 0.1) is 40.3 Å². The fraction of sp³-hybridized carbons (Fsp3) is 0.353. The predicted octanol–water partition coefficient (Wildman–Crippen LogP) is 5.44. The number of hydrogen-bond acceptors (Lipinski definition) is 9. The third-order valence-corrected chi connectivity index (χ3v) is 8.60. The summed E-state index contributed by atoms with van der Waals surface area (Å²) in [6.45, 7) is 7.95. The van der Waals surface area contributed by atoms with Gasteiger partial charge in [0.1, 0.15) is 19.0 Å². The van der Waals surface area contributed by atoms with Crippen molar-refractivity contribution in [2.24, 2.45) is 0 Å². The van der Waals surface area contributed by atoms with Crippen molar-refractivity contribution in [3.63, 3.8) is 0 Å². The SMILES string of the molecule is O=C(O)Oc1ccc2c(c1)ncn2CCCCl.O=C(O)c1ccc2c(c1)ncn2CCCN1CCN(c2ccc3c(c2)OCCO3)CC1. The number of carbonyl (C=O) groups is 2. The summed E-state index contributed by atoms with van der Waals surface area (Å²) >= 11 is 5.63. The largest absolute Gasteiger partial charge is 0.511 e. The van der Waals surface area contributed by atoms with Crippen molar-refractivity contribution in [2.75, 3.05) is 56.7 Å². The van der Waals surface area contributed by atoms with Gasteiger partial charge in [0.2, 0.25) is 0 Å². The van der Waals surface area contributed by atoms with Crippen LogP contribution in [0.25, 0.3) is 22.1 Å². The van der Waals surface area contributed by atoms with Crippen LogP contribution in [0.4, 0.5) is 10.5 Å². The number of anilines is 1. The zero-order valence-corrected chi connectivity index (χ0v) is 27.1. The Morgan fingerprint density at radius 1 is 0.771 bits per heavy atom. The minimum absolute atomic E-state index is 0.271. The lowest BCUT2D eigenvalue weighted by atomic mass is 10.2. The quantitative estimate of drug-likeness (QED) is 0.111. The number of fused-ring (bicyclic) bond motifs is 3. The lowest BCUT2D eigenvalue weighted by Crippen LogP contribution is -2.46. The van der Waals surface area contributed by atoms with E-state index in [-0.39, 0.29) is 11.3 Å². The fourth-order valence-electron chi connectivity index (χ4n) is 5.91. The molecule has 252 valence electrons. The van der Waals surface area contributed by atoms with E-state index in [1.165, 1.54) is 5.69 Å². The van der Waals surface area contributed by atoms with Crippen LogP contribution in [0.5, 0.6) is 17.2 Å². The van der Waals surface area contributed by atoms with E-state index in [4.69, 9.17) is 31.3 Å². The van der Waals surface area contributed by atoms with Crippen LogP contribution < -0.4 is 19.1 Å². The monoisotopic (exact) mass is 676 g/mol. The summed E-state index contributed by atoms with van der Waals surface area (Å²) in [5.74, 6) is 1.62. The van der Waals surface area contributed by atoms with Crippen LogP contribution >= 0.6 is 11.6 Å². The van der Waals surface area contributed by atoms with Gasteiger partial charge in [-0.3, -0.25) is 4.90 Å². The molecular weight excluding hydrogens is 640 g/mol. The minimum Gasteiger partial charge on any atom is -0.486 e.